The van der Waals surface area contributed by atoms with E-state index in [-0.39, 0.29) is 12.5 Å². The van der Waals surface area contributed by atoms with E-state index in [1.807, 2.05) is 37.3 Å². The van der Waals surface area contributed by atoms with Gasteiger partial charge in [-0.1, -0.05) is 41.4 Å². The second-order valence-electron chi connectivity index (χ2n) is 6.58. The van der Waals surface area contributed by atoms with Crippen molar-refractivity contribution in [3.05, 3.63) is 63.8 Å². The summed E-state index contributed by atoms with van der Waals surface area (Å²) in [5.41, 5.74) is 3.53. The van der Waals surface area contributed by atoms with Gasteiger partial charge in [-0.2, -0.15) is 0 Å². The van der Waals surface area contributed by atoms with E-state index < -0.39 is 0 Å². The average Bonchev–Trinajstić information content (AvgIpc) is 2.67. The number of rotatable bonds is 3. The molecule has 0 unspecified atom stereocenters. The van der Waals surface area contributed by atoms with Crippen LogP contribution in [0.3, 0.4) is 0 Å². The summed E-state index contributed by atoms with van der Waals surface area (Å²) in [6, 6.07) is 13.4. The summed E-state index contributed by atoms with van der Waals surface area (Å²) in [6.07, 6.45) is 1.92. The third kappa shape index (κ3) is 3.47. The maximum Gasteiger partial charge on any atom is 0.264 e. The number of anilines is 1. The fourth-order valence-electron chi connectivity index (χ4n) is 3.43. The molecular weight excluding hydrogens is 383 g/mol. The van der Waals surface area contributed by atoms with Gasteiger partial charge < -0.3 is 9.64 Å². The van der Waals surface area contributed by atoms with Crippen molar-refractivity contribution in [1.82, 2.24) is 4.98 Å². The number of fused-ring (bicyclic) bond motifs is 2. The number of benzene rings is 2. The van der Waals surface area contributed by atoms with Crippen LogP contribution in [0, 0.1) is 6.92 Å². The number of para-hydroxylation sites is 1. The molecule has 138 valence electrons. The Hall–Kier alpha value is -2.30. The fraction of sp³-hybridized carbons (Fsp3) is 0.238. The van der Waals surface area contributed by atoms with E-state index in [0.29, 0.717) is 27.9 Å². The zero-order valence-electron chi connectivity index (χ0n) is 14.8. The van der Waals surface area contributed by atoms with Crippen LogP contribution < -0.4 is 9.64 Å². The van der Waals surface area contributed by atoms with Crippen molar-refractivity contribution in [3.8, 4) is 5.75 Å². The molecule has 0 radical (unpaired) electrons. The van der Waals surface area contributed by atoms with Gasteiger partial charge in [-0.3, -0.25) is 4.79 Å². The Labute approximate surface area is 167 Å². The topological polar surface area (TPSA) is 42.4 Å². The molecule has 3 aromatic rings. The van der Waals surface area contributed by atoms with Crippen molar-refractivity contribution >= 4 is 45.7 Å². The van der Waals surface area contributed by atoms with Crippen molar-refractivity contribution in [1.29, 1.82) is 0 Å². The molecule has 1 amide bonds. The van der Waals surface area contributed by atoms with Crippen molar-refractivity contribution in [2.24, 2.45) is 0 Å². The van der Waals surface area contributed by atoms with Crippen LogP contribution >= 0.6 is 23.2 Å². The summed E-state index contributed by atoms with van der Waals surface area (Å²) >= 11 is 12.6. The smallest absolute Gasteiger partial charge is 0.264 e. The molecule has 0 bridgehead atoms. The van der Waals surface area contributed by atoms with E-state index in [1.165, 1.54) is 5.56 Å². The molecule has 0 spiro atoms. The predicted molar refractivity (Wildman–Crippen MR) is 109 cm³/mol. The van der Waals surface area contributed by atoms with Gasteiger partial charge in [0, 0.05) is 23.3 Å². The number of aromatic nitrogens is 1. The number of ether oxygens (including phenoxy) is 1. The molecule has 2 heterocycles. The number of carbonyl (C=O) groups is 1. The third-order valence-electron chi connectivity index (χ3n) is 4.73. The number of hydrogen-bond acceptors (Lipinski definition) is 3. The maximum atomic E-state index is 12.8. The average molecular weight is 401 g/mol. The summed E-state index contributed by atoms with van der Waals surface area (Å²) in [4.78, 5) is 19.1. The molecule has 4 nitrogen and oxygen atoms in total. The van der Waals surface area contributed by atoms with Crippen LogP contribution in [0.25, 0.3) is 10.9 Å². The number of amides is 1. The molecule has 6 heteroatoms. The highest BCUT2D eigenvalue weighted by Gasteiger charge is 2.23. The molecule has 0 saturated carbocycles. The van der Waals surface area contributed by atoms with E-state index in [1.54, 1.807) is 11.0 Å². The van der Waals surface area contributed by atoms with E-state index >= 15 is 0 Å². The Morgan fingerprint density at radius 3 is 2.85 bits per heavy atom. The zero-order chi connectivity index (χ0) is 19.0. The third-order valence-corrected chi connectivity index (χ3v) is 5.32. The molecule has 0 N–H and O–H groups in total. The summed E-state index contributed by atoms with van der Waals surface area (Å²) < 4.78 is 5.85. The minimum absolute atomic E-state index is 0.103. The van der Waals surface area contributed by atoms with Crippen molar-refractivity contribution in [3.63, 3.8) is 0 Å². The quantitative estimate of drug-likeness (QED) is 0.605. The Morgan fingerprint density at radius 1 is 1.19 bits per heavy atom. The first kappa shape index (κ1) is 18.1. The van der Waals surface area contributed by atoms with Crippen LogP contribution in [0.2, 0.25) is 10.0 Å². The number of aryl methyl sites for hydroxylation is 2. The minimum atomic E-state index is -0.111. The molecule has 1 aliphatic rings. The Balaban J connectivity index is 1.61. The Morgan fingerprint density at radius 2 is 2.00 bits per heavy atom. The van der Waals surface area contributed by atoms with Gasteiger partial charge >= 0.3 is 0 Å². The molecular formula is C21H18Cl2N2O2. The Kier molecular flexibility index (Phi) is 4.94. The summed E-state index contributed by atoms with van der Waals surface area (Å²) in [7, 11) is 0. The number of pyridine rings is 1. The lowest BCUT2D eigenvalue weighted by atomic mass is 10.0. The van der Waals surface area contributed by atoms with Gasteiger partial charge in [-0.15, -0.1) is 0 Å². The first-order valence-electron chi connectivity index (χ1n) is 8.81. The maximum absolute atomic E-state index is 12.8. The lowest BCUT2D eigenvalue weighted by molar-refractivity contribution is -0.120. The van der Waals surface area contributed by atoms with Crippen LogP contribution in [0.5, 0.6) is 5.75 Å². The zero-order valence-corrected chi connectivity index (χ0v) is 16.3. The van der Waals surface area contributed by atoms with Gasteiger partial charge in [-0.25, -0.2) is 4.98 Å². The Bertz CT molecular complexity index is 1040. The van der Waals surface area contributed by atoms with E-state index in [2.05, 4.69) is 11.1 Å². The first-order valence-corrected chi connectivity index (χ1v) is 9.56. The lowest BCUT2D eigenvalue weighted by Gasteiger charge is -2.29. The number of hydrogen-bond donors (Lipinski definition) is 0. The summed E-state index contributed by atoms with van der Waals surface area (Å²) in [5, 5.41) is 1.60. The van der Waals surface area contributed by atoms with Crippen molar-refractivity contribution in [2.45, 2.75) is 19.8 Å². The molecule has 0 atom stereocenters. The molecule has 4 rings (SSSR count). The fourth-order valence-corrected chi connectivity index (χ4v) is 4.00. The highest BCUT2D eigenvalue weighted by molar-refractivity contribution is 6.39. The number of halogens is 2. The number of nitrogens with zero attached hydrogens (tertiary/aromatic N) is 2. The largest absolute Gasteiger partial charge is 0.480 e. The minimum Gasteiger partial charge on any atom is -0.480 e. The molecule has 1 aromatic heterocycles. The second-order valence-corrected chi connectivity index (χ2v) is 7.40. The monoisotopic (exact) mass is 400 g/mol. The van der Waals surface area contributed by atoms with Gasteiger partial charge in [0.2, 0.25) is 0 Å². The molecule has 0 fully saturated rings. The van der Waals surface area contributed by atoms with E-state index in [0.717, 1.165) is 29.6 Å². The predicted octanol–water partition coefficient (Wildman–Crippen LogP) is 5.21. The van der Waals surface area contributed by atoms with Crippen molar-refractivity contribution in [2.75, 3.05) is 18.1 Å². The van der Waals surface area contributed by atoms with Crippen molar-refractivity contribution < 1.29 is 9.53 Å². The molecule has 0 aliphatic carbocycles. The van der Waals surface area contributed by atoms with Crippen LogP contribution in [0.4, 0.5) is 5.69 Å². The van der Waals surface area contributed by atoms with E-state index in [9.17, 15) is 4.79 Å². The van der Waals surface area contributed by atoms with Gasteiger partial charge in [0.1, 0.15) is 5.52 Å². The number of carbonyl (C=O) groups excluding carboxylic acids is 1. The van der Waals surface area contributed by atoms with Crippen LogP contribution in [-0.4, -0.2) is 24.0 Å². The first-order chi connectivity index (χ1) is 13.0. The van der Waals surface area contributed by atoms with Crippen LogP contribution in [-0.2, 0) is 11.2 Å². The standard InChI is InChI=1S/C21H18Cl2N2O2/c1-13-8-9-15-16(22)11-17(23)21(20(15)24-13)27-12-19(26)25-10-4-6-14-5-2-3-7-18(14)25/h2-3,5,7-9,11H,4,6,10,12H2,1H3. The SMILES string of the molecule is Cc1ccc2c(Cl)cc(Cl)c(OCC(=O)N3CCCc4ccccc43)c2n1. The highest BCUT2D eigenvalue weighted by Crippen LogP contribution is 2.37. The van der Waals surface area contributed by atoms with Gasteiger partial charge in [0.05, 0.1) is 10.0 Å². The molecule has 1 aliphatic heterocycles. The second kappa shape index (κ2) is 7.37. The van der Waals surface area contributed by atoms with Crippen LogP contribution in [0.15, 0.2) is 42.5 Å². The molecule has 27 heavy (non-hydrogen) atoms. The van der Waals surface area contributed by atoms with E-state index in [4.69, 9.17) is 27.9 Å². The highest BCUT2D eigenvalue weighted by atomic mass is 35.5. The summed E-state index contributed by atoms with van der Waals surface area (Å²) in [5.74, 6) is 0.285. The van der Waals surface area contributed by atoms with Gasteiger partial charge in [-0.05, 0) is 49.6 Å². The van der Waals surface area contributed by atoms with Gasteiger partial charge in [0.25, 0.3) is 5.91 Å². The lowest BCUT2D eigenvalue weighted by Crippen LogP contribution is -2.38. The van der Waals surface area contributed by atoms with Gasteiger partial charge in [0.15, 0.2) is 12.4 Å². The normalized spacial score (nSPS) is 13.5. The van der Waals surface area contributed by atoms with Crippen LogP contribution in [0.1, 0.15) is 17.7 Å². The summed E-state index contributed by atoms with van der Waals surface area (Å²) in [6.45, 7) is 2.46. The molecule has 0 saturated heterocycles. The molecule has 2 aromatic carbocycles.